The average molecular weight is 399 g/mol. The summed E-state index contributed by atoms with van der Waals surface area (Å²) >= 11 is 0. The van der Waals surface area contributed by atoms with Gasteiger partial charge in [-0.05, 0) is 44.0 Å². The molecule has 0 bridgehead atoms. The lowest BCUT2D eigenvalue weighted by molar-refractivity contribution is -0.166. The fourth-order valence-electron chi connectivity index (χ4n) is 3.66. The third kappa shape index (κ3) is 4.40. The van der Waals surface area contributed by atoms with Gasteiger partial charge in [0.2, 0.25) is 5.91 Å². The summed E-state index contributed by atoms with van der Waals surface area (Å²) < 4.78 is 17.0. The first-order chi connectivity index (χ1) is 12.4. The normalized spacial score (nSPS) is 28.7. The number of benzene rings is 1. The molecule has 1 heterocycles. The maximum atomic E-state index is 12.7. The Hall–Kier alpha value is -1.34. The van der Waals surface area contributed by atoms with Crippen LogP contribution in [0, 0.1) is 5.41 Å². The third-order valence-corrected chi connectivity index (χ3v) is 5.81. The molecule has 1 aromatic carbocycles. The van der Waals surface area contributed by atoms with Gasteiger partial charge in [-0.2, -0.15) is 0 Å². The van der Waals surface area contributed by atoms with E-state index in [0.717, 1.165) is 25.2 Å². The van der Waals surface area contributed by atoms with Gasteiger partial charge >= 0.3 is 0 Å². The molecule has 1 amide bonds. The highest BCUT2D eigenvalue weighted by atomic mass is 35.5. The average Bonchev–Trinajstić information content (AvgIpc) is 3.14. The van der Waals surface area contributed by atoms with Crippen molar-refractivity contribution in [2.75, 3.05) is 25.1 Å². The lowest BCUT2D eigenvalue weighted by Crippen LogP contribution is -2.74. The Morgan fingerprint density at radius 1 is 1.33 bits per heavy atom. The van der Waals surface area contributed by atoms with Crippen molar-refractivity contribution in [2.45, 2.75) is 57.8 Å². The van der Waals surface area contributed by atoms with E-state index in [4.69, 9.17) is 19.9 Å². The first kappa shape index (κ1) is 22.0. The molecular weight excluding hydrogens is 368 g/mol. The first-order valence-corrected chi connectivity index (χ1v) is 9.43. The summed E-state index contributed by atoms with van der Waals surface area (Å²) in [6.45, 7) is 7.93. The first-order valence-electron chi connectivity index (χ1n) is 9.43. The Kier molecular flexibility index (Phi) is 7.14. The molecule has 3 unspecified atom stereocenters. The fraction of sp³-hybridized carbons (Fsp3) is 0.650. The summed E-state index contributed by atoms with van der Waals surface area (Å²) in [5.41, 5.74) is 5.78. The van der Waals surface area contributed by atoms with E-state index < -0.39 is 11.0 Å². The van der Waals surface area contributed by atoms with Gasteiger partial charge in [0, 0.05) is 30.7 Å². The van der Waals surface area contributed by atoms with Gasteiger partial charge in [-0.3, -0.25) is 4.79 Å². The van der Waals surface area contributed by atoms with E-state index in [-0.39, 0.29) is 30.5 Å². The zero-order chi connectivity index (χ0) is 18.8. The quantitative estimate of drug-likeness (QED) is 0.737. The Balaban J connectivity index is 0.00000261. The molecule has 1 aliphatic carbocycles. The smallest absolute Gasteiger partial charge is 0.245 e. The maximum absolute atomic E-state index is 12.7. The van der Waals surface area contributed by atoms with Crippen LogP contribution in [0.4, 0.5) is 5.69 Å². The minimum atomic E-state index is -0.929. The number of amides is 1. The van der Waals surface area contributed by atoms with Crippen LogP contribution in [-0.4, -0.2) is 43.5 Å². The number of ether oxygens (including phenoxy) is 3. The molecule has 2 fully saturated rings. The number of nitrogens with two attached hydrogens (primary N) is 1. The topological polar surface area (TPSA) is 82.8 Å². The van der Waals surface area contributed by atoms with Crippen molar-refractivity contribution in [3.05, 3.63) is 24.3 Å². The molecule has 1 saturated carbocycles. The summed E-state index contributed by atoms with van der Waals surface area (Å²) in [5.74, 6) is 0.591. The predicted octanol–water partition coefficient (Wildman–Crippen LogP) is 3.14. The van der Waals surface area contributed by atoms with E-state index in [1.54, 1.807) is 0 Å². The fourth-order valence-corrected chi connectivity index (χ4v) is 3.66. The predicted molar refractivity (Wildman–Crippen MR) is 108 cm³/mol. The van der Waals surface area contributed by atoms with Crippen LogP contribution in [-0.2, 0) is 14.3 Å². The number of rotatable bonds is 7. The van der Waals surface area contributed by atoms with Gasteiger partial charge in [-0.1, -0.05) is 13.8 Å². The van der Waals surface area contributed by atoms with Crippen LogP contribution in [0.3, 0.4) is 0 Å². The number of carbonyl (C=O) groups is 1. The van der Waals surface area contributed by atoms with E-state index >= 15 is 0 Å². The van der Waals surface area contributed by atoms with Crippen LogP contribution >= 0.6 is 12.4 Å². The summed E-state index contributed by atoms with van der Waals surface area (Å²) in [6, 6.07) is 7.36. The van der Waals surface area contributed by atoms with Gasteiger partial charge < -0.3 is 25.3 Å². The van der Waals surface area contributed by atoms with Gasteiger partial charge in [-0.15, -0.1) is 12.4 Å². The molecule has 1 aliphatic heterocycles. The van der Waals surface area contributed by atoms with E-state index in [1.807, 2.05) is 45.0 Å². The van der Waals surface area contributed by atoms with Crippen molar-refractivity contribution in [1.82, 2.24) is 0 Å². The molecule has 6 nitrogen and oxygen atoms in total. The Morgan fingerprint density at radius 3 is 2.59 bits per heavy atom. The van der Waals surface area contributed by atoms with Gasteiger partial charge in [0.1, 0.15) is 17.9 Å². The van der Waals surface area contributed by atoms with E-state index in [2.05, 4.69) is 5.32 Å². The van der Waals surface area contributed by atoms with Crippen molar-refractivity contribution in [3.8, 4) is 5.75 Å². The Labute approximate surface area is 167 Å². The summed E-state index contributed by atoms with van der Waals surface area (Å²) in [5, 5.41) is 2.93. The van der Waals surface area contributed by atoms with Crippen molar-refractivity contribution in [3.63, 3.8) is 0 Å². The minimum Gasteiger partial charge on any atom is -0.491 e. The minimum absolute atomic E-state index is 0. The molecule has 1 saturated heterocycles. The number of nitrogens with one attached hydrogen (secondary N) is 1. The monoisotopic (exact) mass is 398 g/mol. The molecule has 27 heavy (non-hydrogen) atoms. The molecule has 7 heteroatoms. The standard InChI is InChI=1S/C20H30N2O4.ClH/c1-4-24-17-12-20(21,19(17,2)3)18(23)22-14-7-9-15(10-8-14)26-13-16-6-5-11-25-16;/h7-10,16-17H,4-6,11-13,21H2,1-3H3,(H,22,23);1H. The van der Waals surface area contributed by atoms with Gasteiger partial charge in [0.25, 0.3) is 0 Å². The highest BCUT2D eigenvalue weighted by Gasteiger charge is 2.62. The van der Waals surface area contributed by atoms with Gasteiger partial charge in [0.15, 0.2) is 0 Å². The molecule has 3 atom stereocenters. The van der Waals surface area contributed by atoms with E-state index in [9.17, 15) is 4.79 Å². The maximum Gasteiger partial charge on any atom is 0.245 e. The van der Waals surface area contributed by atoms with Crippen molar-refractivity contribution >= 4 is 24.0 Å². The second kappa shape index (κ2) is 8.78. The molecule has 0 spiro atoms. The number of anilines is 1. The van der Waals surface area contributed by atoms with Crippen LogP contribution < -0.4 is 15.8 Å². The van der Waals surface area contributed by atoms with E-state index in [1.165, 1.54) is 0 Å². The lowest BCUT2D eigenvalue weighted by Gasteiger charge is -2.57. The SMILES string of the molecule is CCOC1CC(N)(C(=O)Nc2ccc(OCC3CCCO3)cc2)C1(C)C.Cl. The molecule has 0 radical (unpaired) electrons. The zero-order valence-electron chi connectivity index (χ0n) is 16.3. The van der Waals surface area contributed by atoms with Crippen LogP contribution in [0.1, 0.15) is 40.0 Å². The molecular formula is C20H31ClN2O4. The van der Waals surface area contributed by atoms with Crippen LogP contribution in [0.5, 0.6) is 5.75 Å². The second-order valence-electron chi connectivity index (χ2n) is 7.77. The van der Waals surface area contributed by atoms with Crippen molar-refractivity contribution in [1.29, 1.82) is 0 Å². The van der Waals surface area contributed by atoms with Crippen LogP contribution in [0.2, 0.25) is 0 Å². The Morgan fingerprint density at radius 2 is 2.04 bits per heavy atom. The second-order valence-corrected chi connectivity index (χ2v) is 7.77. The number of carbonyl (C=O) groups excluding carboxylic acids is 1. The third-order valence-electron chi connectivity index (χ3n) is 5.81. The van der Waals surface area contributed by atoms with Gasteiger partial charge in [-0.25, -0.2) is 0 Å². The number of hydrogen-bond acceptors (Lipinski definition) is 5. The van der Waals surface area contributed by atoms with Crippen molar-refractivity contribution in [2.24, 2.45) is 11.1 Å². The summed E-state index contributed by atoms with van der Waals surface area (Å²) in [6.07, 6.45) is 2.87. The van der Waals surface area contributed by atoms with Crippen molar-refractivity contribution < 1.29 is 19.0 Å². The molecule has 3 rings (SSSR count). The molecule has 152 valence electrons. The molecule has 0 aromatic heterocycles. The summed E-state index contributed by atoms with van der Waals surface area (Å²) in [7, 11) is 0. The van der Waals surface area contributed by atoms with Gasteiger partial charge in [0.05, 0.1) is 12.2 Å². The van der Waals surface area contributed by atoms with E-state index in [0.29, 0.717) is 25.3 Å². The Bertz CT molecular complexity index is 631. The molecule has 1 aromatic rings. The summed E-state index contributed by atoms with van der Waals surface area (Å²) in [4.78, 5) is 12.7. The number of halogens is 1. The largest absolute Gasteiger partial charge is 0.491 e. The highest BCUT2D eigenvalue weighted by molar-refractivity contribution is 5.99. The zero-order valence-corrected chi connectivity index (χ0v) is 17.1. The molecule has 3 N–H and O–H groups in total. The number of hydrogen-bond donors (Lipinski definition) is 2. The lowest BCUT2D eigenvalue weighted by atomic mass is 9.54. The van der Waals surface area contributed by atoms with Crippen LogP contribution in [0.15, 0.2) is 24.3 Å². The van der Waals surface area contributed by atoms with Crippen LogP contribution in [0.25, 0.3) is 0 Å². The molecule has 2 aliphatic rings. The highest BCUT2D eigenvalue weighted by Crippen LogP contribution is 2.50.